The minimum atomic E-state index is -0.330. The maximum absolute atomic E-state index is 12.5. The van der Waals surface area contributed by atoms with Gasteiger partial charge >= 0.3 is 0 Å². The Morgan fingerprint density at radius 3 is 2.83 bits per heavy atom. The van der Waals surface area contributed by atoms with Crippen molar-refractivity contribution in [1.82, 2.24) is 20.4 Å². The molecule has 0 bridgehead atoms. The number of amides is 1. The number of nitrogens with one attached hydrogen (secondary N) is 1. The number of nitrogens with zero attached hydrogens (tertiary/aromatic N) is 3. The molecule has 2 fully saturated rings. The Hall–Kier alpha value is -1.47. The van der Waals surface area contributed by atoms with Crippen LogP contribution in [0.1, 0.15) is 50.7 Å². The van der Waals surface area contributed by atoms with Crippen molar-refractivity contribution in [2.75, 3.05) is 26.2 Å². The molecule has 0 aromatic carbocycles. The van der Waals surface area contributed by atoms with Crippen molar-refractivity contribution < 1.29 is 14.1 Å². The van der Waals surface area contributed by atoms with Crippen molar-refractivity contribution in [2.24, 2.45) is 0 Å². The number of ether oxygens (including phenoxy) is 1. The lowest BCUT2D eigenvalue weighted by Gasteiger charge is -2.37. The number of hydrogen-bond donors (Lipinski definition) is 1. The summed E-state index contributed by atoms with van der Waals surface area (Å²) in [7, 11) is 0. The summed E-state index contributed by atoms with van der Waals surface area (Å²) in [5.41, 5.74) is -0.330. The van der Waals surface area contributed by atoms with E-state index in [0.717, 1.165) is 25.7 Å². The summed E-state index contributed by atoms with van der Waals surface area (Å²) in [5.74, 6) is 1.38. The van der Waals surface area contributed by atoms with Gasteiger partial charge in [0.2, 0.25) is 11.8 Å². The Balaban J connectivity index is 1.66. The van der Waals surface area contributed by atoms with Gasteiger partial charge in [0.1, 0.15) is 0 Å². The minimum absolute atomic E-state index is 0.108. The van der Waals surface area contributed by atoms with Gasteiger partial charge in [-0.3, -0.25) is 10.1 Å². The van der Waals surface area contributed by atoms with Crippen LogP contribution in [-0.2, 0) is 15.1 Å². The van der Waals surface area contributed by atoms with E-state index >= 15 is 0 Å². The first-order valence-corrected chi connectivity index (χ1v) is 8.54. The van der Waals surface area contributed by atoms with Crippen LogP contribution in [0.2, 0.25) is 0 Å². The zero-order chi connectivity index (χ0) is 16.3. The highest BCUT2D eigenvalue weighted by Gasteiger charge is 2.38. The number of morpholine rings is 1. The number of aromatic nitrogens is 2. The Morgan fingerprint density at radius 2 is 2.17 bits per heavy atom. The molecule has 1 atom stereocenters. The molecule has 128 valence electrons. The van der Waals surface area contributed by atoms with Gasteiger partial charge in [-0.05, 0) is 19.8 Å². The van der Waals surface area contributed by atoms with Crippen LogP contribution in [0.4, 0.5) is 0 Å². The van der Waals surface area contributed by atoms with E-state index in [2.05, 4.69) is 15.5 Å². The van der Waals surface area contributed by atoms with Gasteiger partial charge in [0.05, 0.1) is 24.8 Å². The molecular formula is C16H26N4O3. The summed E-state index contributed by atoms with van der Waals surface area (Å²) < 4.78 is 10.7. The average Bonchev–Trinajstić information content (AvgIpc) is 3.01. The Bertz CT molecular complexity index is 539. The molecule has 3 rings (SSSR count). The fraction of sp³-hybridized carbons (Fsp3) is 0.812. The van der Waals surface area contributed by atoms with Crippen molar-refractivity contribution in [3.8, 4) is 0 Å². The summed E-state index contributed by atoms with van der Waals surface area (Å²) in [6, 6.07) is 0. The van der Waals surface area contributed by atoms with Crippen LogP contribution in [0.15, 0.2) is 4.52 Å². The first-order chi connectivity index (χ1) is 11.1. The second-order valence-corrected chi connectivity index (χ2v) is 6.65. The highest BCUT2D eigenvalue weighted by molar-refractivity contribution is 5.78. The third kappa shape index (κ3) is 3.72. The van der Waals surface area contributed by atoms with Crippen LogP contribution in [-0.4, -0.2) is 53.3 Å². The van der Waals surface area contributed by atoms with E-state index in [1.54, 1.807) is 6.92 Å². The van der Waals surface area contributed by atoms with Crippen molar-refractivity contribution in [3.63, 3.8) is 0 Å². The van der Waals surface area contributed by atoms with E-state index < -0.39 is 0 Å². The minimum Gasteiger partial charge on any atom is -0.375 e. The van der Waals surface area contributed by atoms with Gasteiger partial charge in [0, 0.05) is 20.0 Å². The summed E-state index contributed by atoms with van der Waals surface area (Å²) in [6.45, 7) is 6.04. The maximum Gasteiger partial charge on any atom is 0.236 e. The lowest BCUT2D eigenvalue weighted by atomic mass is 9.81. The summed E-state index contributed by atoms with van der Waals surface area (Å²) >= 11 is 0. The highest BCUT2D eigenvalue weighted by Crippen LogP contribution is 2.35. The van der Waals surface area contributed by atoms with Crippen LogP contribution >= 0.6 is 0 Å². The van der Waals surface area contributed by atoms with Gasteiger partial charge in [-0.2, -0.15) is 4.98 Å². The number of aryl methyl sites for hydroxylation is 1. The molecule has 23 heavy (non-hydrogen) atoms. The number of hydrogen-bond acceptors (Lipinski definition) is 6. The molecule has 1 aromatic heterocycles. The molecule has 1 saturated heterocycles. The second-order valence-electron chi connectivity index (χ2n) is 6.65. The molecule has 0 spiro atoms. The van der Waals surface area contributed by atoms with E-state index in [0.29, 0.717) is 38.0 Å². The quantitative estimate of drug-likeness (QED) is 0.902. The van der Waals surface area contributed by atoms with Crippen LogP contribution in [0, 0.1) is 6.92 Å². The average molecular weight is 322 g/mol. The van der Waals surface area contributed by atoms with Gasteiger partial charge in [0.15, 0.2) is 5.82 Å². The largest absolute Gasteiger partial charge is 0.375 e. The fourth-order valence-corrected chi connectivity index (χ4v) is 3.53. The molecule has 1 amide bonds. The first kappa shape index (κ1) is 16.4. The molecule has 0 unspecified atom stereocenters. The topological polar surface area (TPSA) is 80.5 Å². The van der Waals surface area contributed by atoms with Crippen molar-refractivity contribution >= 4 is 5.91 Å². The SMILES string of the molecule is Cc1nc(C2(NCC(=O)N3CCO[C@H](C)C3)CCCCC2)no1. The third-order valence-corrected chi connectivity index (χ3v) is 4.83. The molecule has 7 heteroatoms. The van der Waals surface area contributed by atoms with Gasteiger partial charge in [-0.15, -0.1) is 0 Å². The van der Waals surface area contributed by atoms with Gasteiger partial charge < -0.3 is 14.2 Å². The van der Waals surface area contributed by atoms with E-state index in [1.165, 1.54) is 6.42 Å². The first-order valence-electron chi connectivity index (χ1n) is 8.54. The normalized spacial score (nSPS) is 24.6. The monoisotopic (exact) mass is 322 g/mol. The molecule has 1 aromatic rings. The van der Waals surface area contributed by atoms with E-state index in [1.807, 2.05) is 11.8 Å². The van der Waals surface area contributed by atoms with Crippen molar-refractivity contribution in [1.29, 1.82) is 0 Å². The molecule has 2 heterocycles. The molecule has 0 radical (unpaired) electrons. The van der Waals surface area contributed by atoms with Gasteiger partial charge in [0.25, 0.3) is 0 Å². The Kier molecular flexibility index (Phi) is 4.96. The van der Waals surface area contributed by atoms with Gasteiger partial charge in [-0.25, -0.2) is 0 Å². The molecule has 1 N–H and O–H groups in total. The predicted octanol–water partition coefficient (Wildman–Crippen LogP) is 1.37. The number of carbonyl (C=O) groups is 1. The van der Waals surface area contributed by atoms with E-state index in [4.69, 9.17) is 9.26 Å². The third-order valence-electron chi connectivity index (χ3n) is 4.83. The number of carbonyl (C=O) groups excluding carboxylic acids is 1. The second kappa shape index (κ2) is 6.97. The number of rotatable bonds is 4. The zero-order valence-electron chi connectivity index (χ0n) is 14.0. The van der Waals surface area contributed by atoms with Crippen molar-refractivity contribution in [3.05, 3.63) is 11.7 Å². The van der Waals surface area contributed by atoms with Crippen LogP contribution in [0.5, 0.6) is 0 Å². The fourth-order valence-electron chi connectivity index (χ4n) is 3.53. The molecule has 7 nitrogen and oxygen atoms in total. The van der Waals surface area contributed by atoms with Crippen LogP contribution in [0.3, 0.4) is 0 Å². The lowest BCUT2D eigenvalue weighted by Crippen LogP contribution is -2.52. The maximum atomic E-state index is 12.5. The molecular weight excluding hydrogens is 296 g/mol. The summed E-state index contributed by atoms with van der Waals surface area (Å²) in [4.78, 5) is 18.8. The lowest BCUT2D eigenvalue weighted by molar-refractivity contribution is -0.137. The predicted molar refractivity (Wildman–Crippen MR) is 83.8 cm³/mol. The molecule has 1 saturated carbocycles. The van der Waals surface area contributed by atoms with Crippen LogP contribution in [0.25, 0.3) is 0 Å². The highest BCUT2D eigenvalue weighted by atomic mass is 16.5. The summed E-state index contributed by atoms with van der Waals surface area (Å²) in [6.07, 6.45) is 5.44. The summed E-state index contributed by atoms with van der Waals surface area (Å²) in [5, 5.41) is 7.58. The van der Waals surface area contributed by atoms with Gasteiger partial charge in [-0.1, -0.05) is 24.4 Å². The standard InChI is InChI=1S/C16H26N4O3/c1-12-11-20(8-9-22-12)14(21)10-17-16(6-4-3-5-7-16)15-18-13(2)23-19-15/h12,17H,3-11H2,1-2H3/t12-/m1/s1. The van der Waals surface area contributed by atoms with Crippen molar-refractivity contribution in [2.45, 2.75) is 57.6 Å². The zero-order valence-corrected chi connectivity index (χ0v) is 14.0. The Labute approximate surface area is 136 Å². The molecule has 1 aliphatic carbocycles. The van der Waals surface area contributed by atoms with E-state index in [9.17, 15) is 4.79 Å². The molecule has 2 aliphatic rings. The smallest absolute Gasteiger partial charge is 0.236 e. The molecule has 1 aliphatic heterocycles. The Morgan fingerprint density at radius 1 is 1.39 bits per heavy atom. The van der Waals surface area contributed by atoms with Crippen LogP contribution < -0.4 is 5.32 Å². The van der Waals surface area contributed by atoms with E-state index in [-0.39, 0.29) is 17.6 Å².